The van der Waals surface area contributed by atoms with Gasteiger partial charge in [-0.1, -0.05) is 18.2 Å². The van der Waals surface area contributed by atoms with Crippen LogP contribution in [0.1, 0.15) is 19.4 Å². The number of guanidine groups is 1. The molecular weight excluding hydrogens is 304 g/mol. The van der Waals surface area contributed by atoms with Crippen LogP contribution >= 0.6 is 0 Å². The molecule has 2 N–H and O–H groups in total. The van der Waals surface area contributed by atoms with E-state index in [1.165, 1.54) is 0 Å². The van der Waals surface area contributed by atoms with E-state index >= 15 is 0 Å². The Morgan fingerprint density at radius 2 is 2.17 bits per heavy atom. The van der Waals surface area contributed by atoms with E-state index < -0.39 is 0 Å². The zero-order chi connectivity index (χ0) is 17.2. The highest BCUT2D eigenvalue weighted by atomic mass is 16.5. The molecule has 1 aromatic carbocycles. The largest absolute Gasteiger partial charge is 0.494 e. The first-order valence-electron chi connectivity index (χ1n) is 8.76. The van der Waals surface area contributed by atoms with Crippen LogP contribution in [0.25, 0.3) is 0 Å². The minimum Gasteiger partial charge on any atom is -0.494 e. The van der Waals surface area contributed by atoms with Crippen LogP contribution in [0.4, 0.5) is 0 Å². The molecule has 24 heavy (non-hydrogen) atoms. The molecule has 0 aromatic heterocycles. The third kappa shape index (κ3) is 6.02. The molecule has 1 saturated heterocycles. The van der Waals surface area contributed by atoms with Crippen LogP contribution in [0.2, 0.25) is 0 Å². The van der Waals surface area contributed by atoms with Crippen LogP contribution in [0.3, 0.4) is 0 Å². The summed E-state index contributed by atoms with van der Waals surface area (Å²) in [4.78, 5) is 6.97. The van der Waals surface area contributed by atoms with E-state index in [9.17, 15) is 0 Å². The number of hydrogen-bond acceptors (Lipinski definition) is 4. The molecule has 134 valence electrons. The standard InChI is InChI=1S/C18H30N4O2/c1-4-19-18(21-13-16-14-22(3)10-11-24-16)20-12-15-8-6-7-9-17(15)23-5-2/h6-9,16H,4-5,10-14H2,1-3H3,(H2,19,20,21). The summed E-state index contributed by atoms with van der Waals surface area (Å²) in [5.41, 5.74) is 1.09. The van der Waals surface area contributed by atoms with Crippen LogP contribution in [0.15, 0.2) is 29.3 Å². The van der Waals surface area contributed by atoms with E-state index in [2.05, 4.69) is 40.6 Å². The number of aliphatic imine (C=N–C) groups is 1. The highest BCUT2D eigenvalue weighted by Crippen LogP contribution is 2.18. The van der Waals surface area contributed by atoms with E-state index in [-0.39, 0.29) is 6.10 Å². The summed E-state index contributed by atoms with van der Waals surface area (Å²) >= 11 is 0. The normalized spacial score (nSPS) is 19.1. The van der Waals surface area contributed by atoms with Crippen molar-refractivity contribution < 1.29 is 9.47 Å². The van der Waals surface area contributed by atoms with Gasteiger partial charge < -0.3 is 25.0 Å². The van der Waals surface area contributed by atoms with E-state index in [4.69, 9.17) is 9.47 Å². The van der Waals surface area contributed by atoms with Crippen molar-refractivity contribution in [2.45, 2.75) is 26.5 Å². The first-order chi connectivity index (χ1) is 11.7. The number of para-hydroxylation sites is 1. The Kier molecular flexibility index (Phi) is 7.85. The van der Waals surface area contributed by atoms with Gasteiger partial charge in [0.2, 0.25) is 0 Å². The summed E-state index contributed by atoms with van der Waals surface area (Å²) in [7, 11) is 2.12. The summed E-state index contributed by atoms with van der Waals surface area (Å²) in [5, 5.41) is 6.66. The summed E-state index contributed by atoms with van der Waals surface area (Å²) in [6.45, 7) is 9.61. The Morgan fingerprint density at radius 1 is 1.33 bits per heavy atom. The topological polar surface area (TPSA) is 58.1 Å². The maximum Gasteiger partial charge on any atom is 0.191 e. The number of nitrogens with one attached hydrogen (secondary N) is 2. The first kappa shape index (κ1) is 18.5. The number of morpholine rings is 1. The van der Waals surface area contributed by atoms with Crippen molar-refractivity contribution in [3.8, 4) is 5.75 Å². The molecule has 0 spiro atoms. The lowest BCUT2D eigenvalue weighted by molar-refractivity contribution is -0.0161. The molecular formula is C18H30N4O2. The summed E-state index contributed by atoms with van der Waals surface area (Å²) < 4.78 is 11.4. The minimum absolute atomic E-state index is 0.198. The molecule has 0 aliphatic carbocycles. The lowest BCUT2D eigenvalue weighted by Gasteiger charge is -2.30. The van der Waals surface area contributed by atoms with Gasteiger partial charge >= 0.3 is 0 Å². The lowest BCUT2D eigenvalue weighted by atomic mass is 10.2. The van der Waals surface area contributed by atoms with Gasteiger partial charge in [0.15, 0.2) is 5.96 Å². The van der Waals surface area contributed by atoms with Crippen LogP contribution in [-0.2, 0) is 11.3 Å². The van der Waals surface area contributed by atoms with Crippen molar-refractivity contribution >= 4 is 5.96 Å². The predicted molar refractivity (Wildman–Crippen MR) is 97.7 cm³/mol. The van der Waals surface area contributed by atoms with Crippen molar-refractivity contribution in [3.05, 3.63) is 29.8 Å². The SMILES string of the molecule is CCNC(=NCc1ccccc1OCC)NCC1CN(C)CCO1. The number of ether oxygens (including phenoxy) is 2. The third-order valence-electron chi connectivity index (χ3n) is 3.86. The number of benzene rings is 1. The Balaban J connectivity index is 1.92. The van der Waals surface area contributed by atoms with Crippen LogP contribution in [0.5, 0.6) is 5.75 Å². The van der Waals surface area contributed by atoms with Crippen molar-refractivity contribution in [2.75, 3.05) is 46.4 Å². The lowest BCUT2D eigenvalue weighted by Crippen LogP contribution is -2.48. The fraction of sp³-hybridized carbons (Fsp3) is 0.611. The molecule has 1 unspecified atom stereocenters. The molecule has 0 saturated carbocycles. The molecule has 1 aliphatic heterocycles. The highest BCUT2D eigenvalue weighted by molar-refractivity contribution is 5.79. The summed E-state index contributed by atoms with van der Waals surface area (Å²) in [6, 6.07) is 8.04. The molecule has 0 bridgehead atoms. The second kappa shape index (κ2) is 10.2. The maximum absolute atomic E-state index is 5.78. The van der Waals surface area contributed by atoms with Crippen molar-refractivity contribution in [2.24, 2.45) is 4.99 Å². The van der Waals surface area contributed by atoms with Gasteiger partial charge in [-0.15, -0.1) is 0 Å². The number of hydrogen-bond donors (Lipinski definition) is 2. The zero-order valence-corrected chi connectivity index (χ0v) is 15.0. The second-order valence-corrected chi connectivity index (χ2v) is 5.87. The van der Waals surface area contributed by atoms with Crippen molar-refractivity contribution in [1.29, 1.82) is 0 Å². The number of likely N-dealkylation sites (N-methyl/N-ethyl adjacent to an activating group) is 1. The predicted octanol–water partition coefficient (Wildman–Crippen LogP) is 1.47. The Labute approximate surface area is 145 Å². The van der Waals surface area contributed by atoms with Gasteiger partial charge in [0.1, 0.15) is 5.75 Å². The molecule has 2 rings (SSSR count). The first-order valence-corrected chi connectivity index (χ1v) is 8.76. The van der Waals surface area contributed by atoms with E-state index in [0.717, 1.165) is 50.1 Å². The van der Waals surface area contributed by atoms with Gasteiger partial charge in [0.05, 0.1) is 25.9 Å². The van der Waals surface area contributed by atoms with Gasteiger partial charge in [0, 0.05) is 31.7 Å². The van der Waals surface area contributed by atoms with Crippen molar-refractivity contribution in [1.82, 2.24) is 15.5 Å². The zero-order valence-electron chi connectivity index (χ0n) is 15.0. The molecule has 1 aliphatic rings. The summed E-state index contributed by atoms with van der Waals surface area (Å²) in [5.74, 6) is 1.71. The Morgan fingerprint density at radius 3 is 2.92 bits per heavy atom. The fourth-order valence-corrected chi connectivity index (χ4v) is 2.64. The minimum atomic E-state index is 0.198. The molecule has 6 nitrogen and oxygen atoms in total. The van der Waals surface area contributed by atoms with Crippen molar-refractivity contribution in [3.63, 3.8) is 0 Å². The molecule has 1 aromatic rings. The quantitative estimate of drug-likeness (QED) is 0.584. The molecule has 0 amide bonds. The third-order valence-corrected chi connectivity index (χ3v) is 3.86. The molecule has 1 atom stereocenters. The van der Waals surface area contributed by atoms with E-state index in [0.29, 0.717) is 13.2 Å². The number of nitrogens with zero attached hydrogens (tertiary/aromatic N) is 2. The van der Waals surface area contributed by atoms with Crippen LogP contribution < -0.4 is 15.4 Å². The van der Waals surface area contributed by atoms with E-state index in [1.807, 2.05) is 25.1 Å². The van der Waals surface area contributed by atoms with Gasteiger partial charge in [-0.05, 0) is 27.0 Å². The molecule has 6 heteroatoms. The molecule has 1 fully saturated rings. The Hall–Kier alpha value is -1.79. The average Bonchev–Trinajstić information content (AvgIpc) is 2.59. The molecule has 0 radical (unpaired) electrons. The smallest absolute Gasteiger partial charge is 0.191 e. The monoisotopic (exact) mass is 334 g/mol. The van der Waals surface area contributed by atoms with Crippen LogP contribution in [0, 0.1) is 0 Å². The van der Waals surface area contributed by atoms with E-state index in [1.54, 1.807) is 0 Å². The van der Waals surface area contributed by atoms with Gasteiger partial charge in [-0.3, -0.25) is 0 Å². The maximum atomic E-state index is 5.78. The van der Waals surface area contributed by atoms with Gasteiger partial charge in [0.25, 0.3) is 0 Å². The fourth-order valence-electron chi connectivity index (χ4n) is 2.64. The van der Waals surface area contributed by atoms with Crippen LogP contribution in [-0.4, -0.2) is 63.4 Å². The highest BCUT2D eigenvalue weighted by Gasteiger charge is 2.17. The Bertz CT molecular complexity index is 521. The van der Waals surface area contributed by atoms with Gasteiger partial charge in [-0.25, -0.2) is 4.99 Å². The number of rotatable bonds is 7. The van der Waals surface area contributed by atoms with Gasteiger partial charge in [-0.2, -0.15) is 0 Å². The second-order valence-electron chi connectivity index (χ2n) is 5.87. The molecule has 1 heterocycles. The average molecular weight is 334 g/mol. The summed E-state index contributed by atoms with van der Waals surface area (Å²) in [6.07, 6.45) is 0.198.